The zero-order valence-electron chi connectivity index (χ0n) is 13.3. The van der Waals surface area contributed by atoms with Crippen LogP contribution < -0.4 is 5.32 Å². The molecule has 3 rings (SSSR count). The molecular formula is C16H19ClFN3O3. The van der Waals surface area contributed by atoms with Crippen molar-refractivity contribution in [3.05, 3.63) is 34.6 Å². The van der Waals surface area contributed by atoms with Crippen LogP contribution in [0.1, 0.15) is 16.8 Å². The molecule has 0 radical (unpaired) electrons. The van der Waals surface area contributed by atoms with Gasteiger partial charge in [-0.05, 0) is 18.6 Å². The van der Waals surface area contributed by atoms with E-state index in [1.54, 1.807) is 23.0 Å². The highest BCUT2D eigenvalue weighted by molar-refractivity contribution is 6.31. The summed E-state index contributed by atoms with van der Waals surface area (Å²) in [5.41, 5.74) is -0.0403. The van der Waals surface area contributed by atoms with E-state index in [4.69, 9.17) is 16.3 Å². The second-order valence-electron chi connectivity index (χ2n) is 5.95. The number of halogens is 2. The average Bonchev–Trinajstić information content (AvgIpc) is 2.89. The Morgan fingerprint density at radius 1 is 1.50 bits per heavy atom. The fourth-order valence-electron chi connectivity index (χ4n) is 3.33. The number of hydrogen-bond acceptors (Lipinski definition) is 3. The van der Waals surface area contributed by atoms with Crippen molar-refractivity contribution in [1.29, 1.82) is 0 Å². The zero-order chi connectivity index (χ0) is 17.3. The topological polar surface area (TPSA) is 61.9 Å². The number of rotatable bonds is 4. The molecule has 1 aromatic carbocycles. The van der Waals surface area contributed by atoms with Crippen LogP contribution in [0.3, 0.4) is 0 Å². The zero-order valence-corrected chi connectivity index (χ0v) is 14.1. The number of nitrogens with zero attached hydrogens (tertiary/aromatic N) is 2. The average molecular weight is 356 g/mol. The first kappa shape index (κ1) is 17.0. The first-order valence-electron chi connectivity index (χ1n) is 7.82. The molecule has 2 atom stereocenters. The third-order valence-electron chi connectivity index (χ3n) is 4.55. The highest BCUT2D eigenvalue weighted by atomic mass is 35.5. The van der Waals surface area contributed by atoms with Crippen molar-refractivity contribution in [3.63, 3.8) is 0 Å². The van der Waals surface area contributed by atoms with Crippen molar-refractivity contribution in [1.82, 2.24) is 15.1 Å². The highest BCUT2D eigenvalue weighted by Gasteiger charge is 2.43. The minimum atomic E-state index is -0.705. The molecular weight excluding hydrogens is 337 g/mol. The summed E-state index contributed by atoms with van der Waals surface area (Å²) in [6.45, 7) is 1.79. The molecule has 0 spiro atoms. The van der Waals surface area contributed by atoms with E-state index >= 15 is 0 Å². The van der Waals surface area contributed by atoms with Gasteiger partial charge in [-0.2, -0.15) is 0 Å². The monoisotopic (exact) mass is 355 g/mol. The number of amides is 3. The van der Waals surface area contributed by atoms with Crippen LogP contribution in [0.25, 0.3) is 0 Å². The van der Waals surface area contributed by atoms with E-state index in [2.05, 4.69) is 5.32 Å². The number of carbonyl (C=O) groups excluding carboxylic acids is 2. The summed E-state index contributed by atoms with van der Waals surface area (Å²) < 4.78 is 19.1. The maximum atomic E-state index is 14.1. The van der Waals surface area contributed by atoms with Crippen molar-refractivity contribution in [2.45, 2.75) is 18.5 Å². The molecule has 0 saturated carbocycles. The van der Waals surface area contributed by atoms with Crippen molar-refractivity contribution < 1.29 is 18.7 Å². The predicted molar refractivity (Wildman–Crippen MR) is 86.6 cm³/mol. The predicted octanol–water partition coefficient (Wildman–Crippen LogP) is 1.73. The fourth-order valence-corrected chi connectivity index (χ4v) is 3.50. The van der Waals surface area contributed by atoms with Gasteiger partial charge in [0, 0.05) is 26.7 Å². The quantitative estimate of drug-likeness (QED) is 0.894. The van der Waals surface area contributed by atoms with E-state index in [-0.39, 0.29) is 28.7 Å². The van der Waals surface area contributed by atoms with Gasteiger partial charge in [-0.1, -0.05) is 17.7 Å². The van der Waals surface area contributed by atoms with Crippen LogP contribution >= 0.6 is 11.6 Å². The van der Waals surface area contributed by atoms with Crippen molar-refractivity contribution >= 4 is 23.5 Å². The Bertz CT molecular complexity index is 657. The SMILES string of the molecule is COCCN1C(=O)N[C@@H]2CN(C(=O)c3cccc(Cl)c3F)CC[C@@H]21. The van der Waals surface area contributed by atoms with Gasteiger partial charge in [-0.3, -0.25) is 4.79 Å². The normalized spacial score (nSPS) is 23.2. The van der Waals surface area contributed by atoms with E-state index in [0.29, 0.717) is 32.7 Å². The molecule has 6 nitrogen and oxygen atoms in total. The van der Waals surface area contributed by atoms with Crippen molar-refractivity contribution in [2.24, 2.45) is 0 Å². The lowest BCUT2D eigenvalue weighted by atomic mass is 9.99. The van der Waals surface area contributed by atoms with Crippen molar-refractivity contribution in [2.75, 3.05) is 33.4 Å². The van der Waals surface area contributed by atoms with E-state index in [1.807, 2.05) is 0 Å². The third kappa shape index (κ3) is 3.06. The molecule has 2 saturated heterocycles. The lowest BCUT2D eigenvalue weighted by molar-refractivity contribution is 0.0637. The summed E-state index contributed by atoms with van der Waals surface area (Å²) in [5, 5.41) is 2.82. The summed E-state index contributed by atoms with van der Waals surface area (Å²) in [6, 6.07) is 4.11. The Labute approximate surface area is 144 Å². The van der Waals surface area contributed by atoms with Gasteiger partial charge in [0.05, 0.1) is 29.3 Å². The number of ether oxygens (including phenoxy) is 1. The van der Waals surface area contributed by atoms with Crippen LogP contribution in [0.5, 0.6) is 0 Å². The maximum Gasteiger partial charge on any atom is 0.318 e. The van der Waals surface area contributed by atoms with Gasteiger partial charge < -0.3 is 19.9 Å². The van der Waals surface area contributed by atoms with Crippen LogP contribution in [-0.4, -0.2) is 67.2 Å². The molecule has 0 unspecified atom stereocenters. The number of methoxy groups -OCH3 is 1. The molecule has 8 heteroatoms. The molecule has 2 aliphatic heterocycles. The summed E-state index contributed by atoms with van der Waals surface area (Å²) in [7, 11) is 1.59. The third-order valence-corrected chi connectivity index (χ3v) is 4.84. The second-order valence-corrected chi connectivity index (χ2v) is 6.36. The van der Waals surface area contributed by atoms with Gasteiger partial charge in [0.15, 0.2) is 5.82 Å². The molecule has 130 valence electrons. The van der Waals surface area contributed by atoms with Gasteiger partial charge in [0.25, 0.3) is 5.91 Å². The van der Waals surface area contributed by atoms with Crippen LogP contribution in [0, 0.1) is 5.82 Å². The Kier molecular flexibility index (Phi) is 4.91. The van der Waals surface area contributed by atoms with Gasteiger partial charge in [-0.15, -0.1) is 0 Å². The molecule has 24 heavy (non-hydrogen) atoms. The van der Waals surface area contributed by atoms with Gasteiger partial charge >= 0.3 is 6.03 Å². The van der Waals surface area contributed by atoms with Gasteiger partial charge in [0.1, 0.15) is 0 Å². The minimum Gasteiger partial charge on any atom is -0.383 e. The van der Waals surface area contributed by atoms with E-state index < -0.39 is 11.7 Å². The summed E-state index contributed by atoms with van der Waals surface area (Å²) >= 11 is 5.75. The molecule has 2 aliphatic rings. The number of piperidine rings is 1. The number of urea groups is 1. The standard InChI is InChI=1S/C16H19ClFN3O3/c1-24-8-7-21-13-5-6-20(9-12(13)19-16(21)23)15(22)10-3-2-4-11(17)14(10)18/h2-4,12-13H,5-9H2,1H3,(H,19,23)/t12-,13+/m1/s1. The molecule has 2 heterocycles. The van der Waals surface area contributed by atoms with Crippen LogP contribution in [0.15, 0.2) is 18.2 Å². The first-order valence-corrected chi connectivity index (χ1v) is 8.20. The minimum absolute atomic E-state index is 0.0286. The molecule has 0 aliphatic carbocycles. The lowest BCUT2D eigenvalue weighted by Gasteiger charge is -2.36. The Morgan fingerprint density at radius 2 is 2.29 bits per heavy atom. The fraction of sp³-hybridized carbons (Fsp3) is 0.500. The maximum absolute atomic E-state index is 14.1. The van der Waals surface area contributed by atoms with E-state index in [9.17, 15) is 14.0 Å². The molecule has 0 bridgehead atoms. The number of likely N-dealkylation sites (tertiary alicyclic amines) is 1. The highest BCUT2D eigenvalue weighted by Crippen LogP contribution is 2.25. The number of fused-ring (bicyclic) bond motifs is 1. The van der Waals surface area contributed by atoms with Crippen LogP contribution in [0.2, 0.25) is 5.02 Å². The Balaban J connectivity index is 1.71. The van der Waals surface area contributed by atoms with Gasteiger partial charge in [-0.25, -0.2) is 9.18 Å². The Hall–Kier alpha value is -1.86. The van der Waals surface area contributed by atoms with Crippen LogP contribution in [0.4, 0.5) is 9.18 Å². The number of hydrogen-bond donors (Lipinski definition) is 1. The van der Waals surface area contributed by atoms with E-state index in [1.165, 1.54) is 12.1 Å². The molecule has 0 aromatic heterocycles. The van der Waals surface area contributed by atoms with Crippen molar-refractivity contribution in [3.8, 4) is 0 Å². The van der Waals surface area contributed by atoms with Crippen LogP contribution in [-0.2, 0) is 4.74 Å². The smallest absolute Gasteiger partial charge is 0.318 e. The lowest BCUT2D eigenvalue weighted by Crippen LogP contribution is -2.53. The Morgan fingerprint density at radius 3 is 3.04 bits per heavy atom. The first-order chi connectivity index (χ1) is 11.5. The molecule has 1 N–H and O–H groups in total. The second kappa shape index (κ2) is 6.94. The summed E-state index contributed by atoms with van der Waals surface area (Å²) in [5.74, 6) is -1.11. The van der Waals surface area contributed by atoms with Gasteiger partial charge in [0.2, 0.25) is 0 Å². The van der Waals surface area contributed by atoms with E-state index in [0.717, 1.165) is 0 Å². The summed E-state index contributed by atoms with van der Waals surface area (Å²) in [6.07, 6.45) is 0.640. The molecule has 2 fully saturated rings. The molecule has 3 amide bonds. The number of nitrogens with one attached hydrogen (secondary N) is 1. The number of carbonyl (C=O) groups is 2. The summed E-state index contributed by atoms with van der Waals surface area (Å²) in [4.78, 5) is 28.0. The molecule has 1 aromatic rings. The largest absolute Gasteiger partial charge is 0.383 e. The number of benzene rings is 1.